The third kappa shape index (κ3) is 2.76. The number of ketones is 1. The number of aromatic amines is 1. The number of nitrogens with zero attached hydrogens (tertiary/aromatic N) is 1. The molecular formula is C18H15N3O2. The zero-order valence-electron chi connectivity index (χ0n) is 12.4. The predicted octanol–water partition coefficient (Wildman–Crippen LogP) is 2.63. The van der Waals surface area contributed by atoms with Crippen molar-refractivity contribution >= 4 is 22.6 Å². The first-order chi connectivity index (χ1) is 11.1. The van der Waals surface area contributed by atoms with Crippen molar-refractivity contribution in [3.05, 3.63) is 66.6 Å². The van der Waals surface area contributed by atoms with E-state index in [4.69, 9.17) is 5.73 Å². The Labute approximate surface area is 132 Å². The summed E-state index contributed by atoms with van der Waals surface area (Å²) >= 11 is 0. The zero-order valence-corrected chi connectivity index (χ0v) is 12.4. The summed E-state index contributed by atoms with van der Waals surface area (Å²) in [7, 11) is 0. The SMILES string of the molecule is C=CC(=O)Cc1cc(-c2ccc(C(N)=O)c3[nH]ccc23)ccn1. The number of allylic oxidation sites excluding steroid dienone is 1. The molecule has 2 heterocycles. The molecule has 0 saturated heterocycles. The van der Waals surface area contributed by atoms with Crippen LogP contribution in [0.1, 0.15) is 16.1 Å². The van der Waals surface area contributed by atoms with E-state index in [-0.39, 0.29) is 12.2 Å². The molecule has 0 aliphatic heterocycles. The molecule has 1 amide bonds. The summed E-state index contributed by atoms with van der Waals surface area (Å²) in [4.78, 5) is 30.3. The molecule has 3 rings (SSSR count). The van der Waals surface area contributed by atoms with E-state index < -0.39 is 5.91 Å². The Morgan fingerprint density at radius 2 is 2.09 bits per heavy atom. The topological polar surface area (TPSA) is 88.8 Å². The molecule has 0 fully saturated rings. The number of rotatable bonds is 5. The van der Waals surface area contributed by atoms with Gasteiger partial charge in [-0.1, -0.05) is 12.6 Å². The van der Waals surface area contributed by atoms with Gasteiger partial charge in [0.15, 0.2) is 5.78 Å². The molecule has 0 bridgehead atoms. The van der Waals surface area contributed by atoms with Gasteiger partial charge in [0, 0.05) is 23.5 Å². The van der Waals surface area contributed by atoms with Crippen molar-refractivity contribution in [2.45, 2.75) is 6.42 Å². The van der Waals surface area contributed by atoms with Crippen molar-refractivity contribution in [3.63, 3.8) is 0 Å². The Bertz CT molecular complexity index is 925. The van der Waals surface area contributed by atoms with Gasteiger partial charge in [0.25, 0.3) is 5.91 Å². The second-order valence-corrected chi connectivity index (χ2v) is 5.17. The number of pyridine rings is 1. The van der Waals surface area contributed by atoms with E-state index in [1.54, 1.807) is 18.5 Å². The maximum absolute atomic E-state index is 11.5. The van der Waals surface area contributed by atoms with E-state index in [1.807, 2.05) is 24.3 Å². The molecule has 3 N–H and O–H groups in total. The maximum Gasteiger partial charge on any atom is 0.250 e. The van der Waals surface area contributed by atoms with E-state index in [2.05, 4.69) is 16.5 Å². The second-order valence-electron chi connectivity index (χ2n) is 5.17. The first-order valence-electron chi connectivity index (χ1n) is 7.10. The van der Waals surface area contributed by atoms with Crippen LogP contribution in [-0.4, -0.2) is 21.7 Å². The summed E-state index contributed by atoms with van der Waals surface area (Å²) < 4.78 is 0. The monoisotopic (exact) mass is 305 g/mol. The predicted molar refractivity (Wildman–Crippen MR) is 89.0 cm³/mol. The summed E-state index contributed by atoms with van der Waals surface area (Å²) in [6.45, 7) is 3.47. The number of nitrogens with two attached hydrogens (primary N) is 1. The fraction of sp³-hybridized carbons (Fsp3) is 0.0556. The number of nitrogens with one attached hydrogen (secondary N) is 1. The Kier molecular flexibility index (Phi) is 3.76. The third-order valence-electron chi connectivity index (χ3n) is 3.70. The van der Waals surface area contributed by atoms with Gasteiger partial charge in [0.1, 0.15) is 0 Å². The van der Waals surface area contributed by atoms with Crippen LogP contribution < -0.4 is 5.73 Å². The van der Waals surface area contributed by atoms with Crippen LogP contribution in [0.15, 0.2) is 55.4 Å². The van der Waals surface area contributed by atoms with E-state index in [0.717, 1.165) is 16.5 Å². The number of carbonyl (C=O) groups is 2. The molecule has 5 nitrogen and oxygen atoms in total. The summed E-state index contributed by atoms with van der Waals surface area (Å²) in [6, 6.07) is 9.18. The Balaban J connectivity index is 2.11. The summed E-state index contributed by atoms with van der Waals surface area (Å²) in [5.41, 5.74) is 9.10. The highest BCUT2D eigenvalue weighted by Gasteiger charge is 2.13. The highest BCUT2D eigenvalue weighted by atomic mass is 16.1. The highest BCUT2D eigenvalue weighted by Crippen LogP contribution is 2.30. The van der Waals surface area contributed by atoms with E-state index in [0.29, 0.717) is 16.8 Å². The van der Waals surface area contributed by atoms with E-state index >= 15 is 0 Å². The lowest BCUT2D eigenvalue weighted by molar-refractivity contribution is -0.114. The lowest BCUT2D eigenvalue weighted by Crippen LogP contribution is -2.11. The largest absolute Gasteiger partial charge is 0.366 e. The summed E-state index contributed by atoms with van der Waals surface area (Å²) in [5, 5.41) is 0.897. The third-order valence-corrected chi connectivity index (χ3v) is 3.70. The van der Waals surface area contributed by atoms with E-state index in [1.165, 1.54) is 6.08 Å². The number of fused-ring (bicyclic) bond motifs is 1. The van der Waals surface area contributed by atoms with Gasteiger partial charge in [0.05, 0.1) is 17.5 Å². The second kappa shape index (κ2) is 5.88. The fourth-order valence-electron chi connectivity index (χ4n) is 2.61. The van der Waals surface area contributed by atoms with Crippen molar-refractivity contribution in [2.24, 2.45) is 5.73 Å². The average molecular weight is 305 g/mol. The van der Waals surface area contributed by atoms with Crippen LogP contribution in [-0.2, 0) is 11.2 Å². The van der Waals surface area contributed by atoms with Gasteiger partial charge in [-0.3, -0.25) is 14.6 Å². The molecule has 2 aromatic heterocycles. The standard InChI is InChI=1S/C18H15N3O2/c1-2-13(22)10-12-9-11(5-7-20-12)14-3-4-16(18(19)23)17-15(14)6-8-21-17/h2-9,21H,1,10H2,(H2,19,23). The van der Waals surface area contributed by atoms with Crippen LogP contribution in [0, 0.1) is 0 Å². The van der Waals surface area contributed by atoms with Gasteiger partial charge in [-0.2, -0.15) is 0 Å². The molecule has 114 valence electrons. The van der Waals surface area contributed by atoms with Crippen LogP contribution in [0.25, 0.3) is 22.0 Å². The lowest BCUT2D eigenvalue weighted by atomic mass is 9.98. The normalized spacial score (nSPS) is 10.6. The fourth-order valence-corrected chi connectivity index (χ4v) is 2.61. The number of hydrogen-bond donors (Lipinski definition) is 2. The molecule has 0 atom stereocenters. The Morgan fingerprint density at radius 3 is 2.83 bits per heavy atom. The van der Waals surface area contributed by atoms with Gasteiger partial charge in [0.2, 0.25) is 0 Å². The van der Waals surface area contributed by atoms with Crippen molar-refractivity contribution < 1.29 is 9.59 Å². The van der Waals surface area contributed by atoms with Crippen molar-refractivity contribution in [1.82, 2.24) is 9.97 Å². The maximum atomic E-state index is 11.5. The number of benzene rings is 1. The number of carbonyl (C=O) groups excluding carboxylic acids is 2. The lowest BCUT2D eigenvalue weighted by Gasteiger charge is -2.08. The minimum Gasteiger partial charge on any atom is -0.366 e. The molecular weight excluding hydrogens is 290 g/mol. The van der Waals surface area contributed by atoms with Crippen LogP contribution in [0.3, 0.4) is 0 Å². The van der Waals surface area contributed by atoms with Crippen LogP contribution in [0.5, 0.6) is 0 Å². The number of hydrogen-bond acceptors (Lipinski definition) is 3. The Morgan fingerprint density at radius 1 is 1.26 bits per heavy atom. The number of amides is 1. The van der Waals surface area contributed by atoms with E-state index in [9.17, 15) is 9.59 Å². The number of aromatic nitrogens is 2. The molecule has 0 spiro atoms. The molecule has 1 aromatic carbocycles. The molecule has 0 aliphatic rings. The number of primary amides is 1. The molecule has 0 saturated carbocycles. The van der Waals surface area contributed by atoms with Gasteiger partial charge in [-0.15, -0.1) is 0 Å². The molecule has 0 unspecified atom stereocenters. The minimum absolute atomic E-state index is 0.0782. The van der Waals surface area contributed by atoms with Crippen molar-refractivity contribution in [2.75, 3.05) is 0 Å². The summed E-state index contributed by atoms with van der Waals surface area (Å²) in [5.74, 6) is -0.554. The summed E-state index contributed by atoms with van der Waals surface area (Å²) in [6.07, 6.45) is 4.94. The van der Waals surface area contributed by atoms with Crippen LogP contribution in [0.2, 0.25) is 0 Å². The van der Waals surface area contributed by atoms with Gasteiger partial charge in [-0.25, -0.2) is 0 Å². The Hall–Kier alpha value is -3.21. The molecule has 23 heavy (non-hydrogen) atoms. The van der Waals surface area contributed by atoms with Crippen molar-refractivity contribution in [1.29, 1.82) is 0 Å². The molecule has 3 aromatic rings. The van der Waals surface area contributed by atoms with Crippen LogP contribution >= 0.6 is 0 Å². The van der Waals surface area contributed by atoms with Gasteiger partial charge >= 0.3 is 0 Å². The van der Waals surface area contributed by atoms with Gasteiger partial charge in [-0.05, 0) is 41.5 Å². The average Bonchev–Trinajstić information content (AvgIpc) is 3.03. The number of H-pyrrole nitrogens is 1. The smallest absolute Gasteiger partial charge is 0.250 e. The zero-order chi connectivity index (χ0) is 16.4. The molecule has 0 aliphatic carbocycles. The first-order valence-corrected chi connectivity index (χ1v) is 7.10. The first kappa shape index (κ1) is 14.7. The molecule has 0 radical (unpaired) electrons. The highest BCUT2D eigenvalue weighted by molar-refractivity contribution is 6.09. The quantitative estimate of drug-likeness (QED) is 0.710. The molecule has 5 heteroatoms. The van der Waals surface area contributed by atoms with Crippen LogP contribution in [0.4, 0.5) is 0 Å². The van der Waals surface area contributed by atoms with Gasteiger partial charge < -0.3 is 10.7 Å². The minimum atomic E-state index is -0.476. The van der Waals surface area contributed by atoms with Crippen molar-refractivity contribution in [3.8, 4) is 11.1 Å².